The Balaban J connectivity index is 1.78. The zero-order valence-corrected chi connectivity index (χ0v) is 18.1. The molecular formula is C20H22N4O3S2. The highest BCUT2D eigenvalue weighted by atomic mass is 32.2. The van der Waals surface area contributed by atoms with E-state index in [1.165, 1.54) is 23.1 Å². The number of anilines is 1. The van der Waals surface area contributed by atoms with Crippen molar-refractivity contribution >= 4 is 40.0 Å². The molecule has 29 heavy (non-hydrogen) atoms. The number of hydrogen-bond donors (Lipinski definition) is 1. The van der Waals surface area contributed by atoms with Crippen LogP contribution in [0, 0.1) is 6.92 Å². The number of carbonyl (C=O) groups excluding carboxylic acids is 2. The first-order valence-corrected chi connectivity index (χ1v) is 11.1. The Hall–Kier alpha value is -2.65. The summed E-state index contributed by atoms with van der Waals surface area (Å²) in [7, 11) is 0. The van der Waals surface area contributed by atoms with Crippen LogP contribution in [0.2, 0.25) is 0 Å². The van der Waals surface area contributed by atoms with Crippen LogP contribution in [-0.4, -0.2) is 39.0 Å². The number of nitrogens with one attached hydrogen (secondary N) is 1. The van der Waals surface area contributed by atoms with Crippen molar-refractivity contribution in [3.8, 4) is 11.1 Å². The topological polar surface area (TPSA) is 86.1 Å². The largest absolute Gasteiger partial charge is 0.462 e. The number of thiophene rings is 1. The summed E-state index contributed by atoms with van der Waals surface area (Å²) in [5, 5.41) is 14.1. The first-order valence-electron chi connectivity index (χ1n) is 9.21. The van der Waals surface area contributed by atoms with Crippen molar-refractivity contribution in [3.05, 3.63) is 47.1 Å². The van der Waals surface area contributed by atoms with Crippen molar-refractivity contribution in [2.75, 3.05) is 17.7 Å². The predicted octanol–water partition coefficient (Wildman–Crippen LogP) is 4.24. The van der Waals surface area contributed by atoms with Crippen LogP contribution in [0.1, 0.15) is 30.0 Å². The van der Waals surface area contributed by atoms with Crippen molar-refractivity contribution in [1.82, 2.24) is 14.8 Å². The lowest BCUT2D eigenvalue weighted by molar-refractivity contribution is -0.113. The Bertz CT molecular complexity index is 999. The average Bonchev–Trinajstić information content (AvgIpc) is 3.30. The molecule has 3 aromatic rings. The van der Waals surface area contributed by atoms with Crippen molar-refractivity contribution in [2.24, 2.45) is 0 Å². The molecule has 0 bridgehead atoms. The molecule has 1 aromatic carbocycles. The number of esters is 1. The monoisotopic (exact) mass is 430 g/mol. The van der Waals surface area contributed by atoms with E-state index >= 15 is 0 Å². The van der Waals surface area contributed by atoms with Crippen LogP contribution in [0.25, 0.3) is 11.1 Å². The SMILES string of the molecule is CCOC(=O)c1c(-c2ccccc2)csc1NC(=O)CSc1nnc(C)n1CC. The molecule has 0 saturated heterocycles. The number of ether oxygens (including phenoxy) is 1. The lowest BCUT2D eigenvalue weighted by atomic mass is 10.0. The Morgan fingerprint density at radius 1 is 1.21 bits per heavy atom. The van der Waals surface area contributed by atoms with Crippen LogP contribution in [-0.2, 0) is 16.1 Å². The normalized spacial score (nSPS) is 10.7. The molecule has 9 heteroatoms. The van der Waals surface area contributed by atoms with E-state index < -0.39 is 5.97 Å². The molecule has 0 aliphatic carbocycles. The quantitative estimate of drug-likeness (QED) is 0.425. The van der Waals surface area contributed by atoms with Crippen LogP contribution >= 0.6 is 23.1 Å². The highest BCUT2D eigenvalue weighted by Crippen LogP contribution is 2.36. The van der Waals surface area contributed by atoms with Gasteiger partial charge in [0.15, 0.2) is 5.16 Å². The Labute approximate surface area is 177 Å². The number of benzene rings is 1. The summed E-state index contributed by atoms with van der Waals surface area (Å²) in [6, 6.07) is 9.57. The van der Waals surface area contributed by atoms with Crippen molar-refractivity contribution in [1.29, 1.82) is 0 Å². The lowest BCUT2D eigenvalue weighted by Crippen LogP contribution is -2.16. The first-order chi connectivity index (χ1) is 14.0. The zero-order chi connectivity index (χ0) is 20.8. The van der Waals surface area contributed by atoms with Gasteiger partial charge in [-0.1, -0.05) is 42.1 Å². The molecule has 0 saturated carbocycles. The molecule has 152 valence electrons. The summed E-state index contributed by atoms with van der Waals surface area (Å²) < 4.78 is 7.17. The summed E-state index contributed by atoms with van der Waals surface area (Å²) in [4.78, 5) is 25.1. The molecule has 1 N–H and O–H groups in total. The molecule has 0 unspecified atom stereocenters. The van der Waals surface area contributed by atoms with Gasteiger partial charge in [-0.15, -0.1) is 21.5 Å². The minimum absolute atomic E-state index is 0.166. The molecule has 1 amide bonds. The summed E-state index contributed by atoms with van der Waals surface area (Å²) in [5.41, 5.74) is 2.03. The van der Waals surface area contributed by atoms with Gasteiger partial charge in [0.25, 0.3) is 0 Å². The number of aromatic nitrogens is 3. The third kappa shape index (κ3) is 4.86. The highest BCUT2D eigenvalue weighted by molar-refractivity contribution is 7.99. The van der Waals surface area contributed by atoms with E-state index in [-0.39, 0.29) is 18.3 Å². The molecule has 2 aromatic heterocycles. The maximum absolute atomic E-state index is 12.6. The number of nitrogens with zero attached hydrogens (tertiary/aromatic N) is 3. The van der Waals surface area contributed by atoms with E-state index in [0.29, 0.717) is 15.7 Å². The molecular weight excluding hydrogens is 408 g/mol. The van der Waals surface area contributed by atoms with Gasteiger partial charge in [-0.3, -0.25) is 4.79 Å². The maximum atomic E-state index is 12.6. The third-order valence-corrected chi connectivity index (χ3v) is 6.02. The molecule has 0 aliphatic heterocycles. The van der Waals surface area contributed by atoms with Gasteiger partial charge in [0.05, 0.1) is 12.4 Å². The summed E-state index contributed by atoms with van der Waals surface area (Å²) in [6.07, 6.45) is 0. The Morgan fingerprint density at radius 2 is 1.97 bits per heavy atom. The van der Waals surface area contributed by atoms with Crippen LogP contribution in [0.3, 0.4) is 0 Å². The van der Waals surface area contributed by atoms with E-state index in [1.807, 2.05) is 54.1 Å². The van der Waals surface area contributed by atoms with Gasteiger partial charge in [0, 0.05) is 17.5 Å². The molecule has 0 fully saturated rings. The number of thioether (sulfide) groups is 1. The minimum atomic E-state index is -0.447. The van der Waals surface area contributed by atoms with Crippen molar-refractivity contribution < 1.29 is 14.3 Å². The van der Waals surface area contributed by atoms with Crippen molar-refractivity contribution in [3.63, 3.8) is 0 Å². The van der Waals surface area contributed by atoms with Gasteiger partial charge in [-0.2, -0.15) is 0 Å². The van der Waals surface area contributed by atoms with E-state index in [2.05, 4.69) is 15.5 Å². The van der Waals surface area contributed by atoms with E-state index in [1.54, 1.807) is 6.92 Å². The Morgan fingerprint density at radius 3 is 2.66 bits per heavy atom. The van der Waals surface area contributed by atoms with Crippen LogP contribution in [0.5, 0.6) is 0 Å². The van der Waals surface area contributed by atoms with Gasteiger partial charge >= 0.3 is 5.97 Å². The summed E-state index contributed by atoms with van der Waals surface area (Å²) >= 11 is 2.63. The fraction of sp³-hybridized carbons (Fsp3) is 0.300. The molecule has 0 atom stereocenters. The second-order valence-corrected chi connectivity index (χ2v) is 7.87. The molecule has 7 nitrogen and oxygen atoms in total. The summed E-state index contributed by atoms with van der Waals surface area (Å²) in [5.74, 6) is 0.312. The van der Waals surface area contributed by atoms with Crippen LogP contribution < -0.4 is 5.32 Å². The Kier molecular flexibility index (Phi) is 7.05. The van der Waals surface area contributed by atoms with Gasteiger partial charge in [0.1, 0.15) is 16.4 Å². The lowest BCUT2D eigenvalue weighted by Gasteiger charge is -2.09. The predicted molar refractivity (Wildman–Crippen MR) is 115 cm³/mol. The molecule has 2 heterocycles. The second-order valence-electron chi connectivity index (χ2n) is 6.05. The zero-order valence-electron chi connectivity index (χ0n) is 16.5. The first kappa shape index (κ1) is 21.1. The third-order valence-electron chi connectivity index (χ3n) is 4.16. The number of hydrogen-bond acceptors (Lipinski definition) is 7. The number of carbonyl (C=O) groups is 2. The van der Waals surface area contributed by atoms with Gasteiger partial charge in [-0.25, -0.2) is 4.79 Å². The summed E-state index contributed by atoms with van der Waals surface area (Å²) in [6.45, 7) is 6.64. The number of aryl methyl sites for hydroxylation is 1. The van der Waals surface area contributed by atoms with E-state index in [0.717, 1.165) is 23.5 Å². The maximum Gasteiger partial charge on any atom is 0.341 e. The molecule has 0 radical (unpaired) electrons. The average molecular weight is 431 g/mol. The standard InChI is InChI=1S/C20H22N4O3S2/c1-4-24-13(3)22-23-20(24)29-12-16(25)21-18-17(19(26)27-5-2)15(11-28-18)14-9-7-6-8-10-14/h6-11H,4-5,12H2,1-3H3,(H,21,25). The smallest absolute Gasteiger partial charge is 0.341 e. The molecule has 3 rings (SSSR count). The van der Waals surface area contributed by atoms with E-state index in [9.17, 15) is 9.59 Å². The van der Waals surface area contributed by atoms with Crippen LogP contribution in [0.15, 0.2) is 40.9 Å². The fourth-order valence-corrected chi connectivity index (χ4v) is 4.63. The van der Waals surface area contributed by atoms with Crippen LogP contribution in [0.4, 0.5) is 5.00 Å². The molecule has 0 aliphatic rings. The van der Waals surface area contributed by atoms with Crippen molar-refractivity contribution in [2.45, 2.75) is 32.5 Å². The molecule has 0 spiro atoms. The van der Waals surface area contributed by atoms with Gasteiger partial charge in [0.2, 0.25) is 5.91 Å². The highest BCUT2D eigenvalue weighted by Gasteiger charge is 2.23. The van der Waals surface area contributed by atoms with E-state index in [4.69, 9.17) is 4.74 Å². The van der Waals surface area contributed by atoms with Gasteiger partial charge < -0.3 is 14.6 Å². The minimum Gasteiger partial charge on any atom is -0.462 e. The fourth-order valence-electron chi connectivity index (χ4n) is 2.81. The number of rotatable bonds is 8. The van der Waals surface area contributed by atoms with Gasteiger partial charge in [-0.05, 0) is 26.3 Å². The second kappa shape index (κ2) is 9.71. The number of amides is 1.